The zero-order valence-corrected chi connectivity index (χ0v) is 35.2. The number of hydrogen-bond donors (Lipinski definition) is 2. The van der Waals surface area contributed by atoms with Crippen molar-refractivity contribution in [1.29, 1.82) is 0 Å². The van der Waals surface area contributed by atoms with Gasteiger partial charge in [0, 0.05) is 7.11 Å². The molecule has 0 spiro atoms. The van der Waals surface area contributed by atoms with E-state index in [4.69, 9.17) is 28.4 Å². The highest BCUT2D eigenvalue weighted by Gasteiger charge is 2.52. The fourth-order valence-corrected chi connectivity index (χ4v) is 6.14. The number of hydrogen-bond acceptors (Lipinski definition) is 12. The van der Waals surface area contributed by atoms with Crippen LogP contribution < -0.4 is 19.6 Å². The van der Waals surface area contributed by atoms with Gasteiger partial charge in [-0.05, 0) is 84.1 Å². The summed E-state index contributed by atoms with van der Waals surface area (Å²) >= 11 is 0. The van der Waals surface area contributed by atoms with Crippen LogP contribution in [0.2, 0.25) is 0 Å². The zero-order chi connectivity index (χ0) is 42.2. The van der Waals surface area contributed by atoms with Gasteiger partial charge in [-0.2, -0.15) is 0 Å². The third-order valence-electron chi connectivity index (χ3n) is 9.39. The molecule has 4 rings (SSSR count). The summed E-state index contributed by atoms with van der Waals surface area (Å²) in [5.41, 5.74) is 0.594. The van der Waals surface area contributed by atoms with Gasteiger partial charge in [-0.3, -0.25) is 0 Å². The fraction of sp³-hybridized carbons (Fsp3) is 0.500. The molecule has 5 atom stereocenters. The van der Waals surface area contributed by atoms with E-state index < -0.39 is 75.6 Å². The van der Waals surface area contributed by atoms with E-state index in [1.807, 2.05) is 0 Å². The fourth-order valence-electron chi connectivity index (χ4n) is 5.81. The molecule has 15 heteroatoms. The van der Waals surface area contributed by atoms with Crippen LogP contribution in [0, 0.1) is 0 Å². The van der Waals surface area contributed by atoms with Crippen LogP contribution in [-0.4, -0.2) is 114 Å². The standard InChI is InChI=1S/C30H31O12P.2C6H15N/c1-37-30-26(42-29(33)22-15-9-4-10-16-22)25(38-17-18-43(34,35)36)24(41-28(32)21-13-7-3-8-14-21)23(40-30)19-39-27(31)20-11-5-2-6-12-20;2*1-4-7(5-2)6-3/h2-16,23-26,30H,17-19H2,1H3,(H2,34,35,36);2*4-6H2,1-3H3/t23-,24+,25+,26-,30+;;/m1../s1. The van der Waals surface area contributed by atoms with Crippen molar-refractivity contribution in [2.45, 2.75) is 72.2 Å². The molecule has 3 aromatic rings. The molecule has 57 heavy (non-hydrogen) atoms. The summed E-state index contributed by atoms with van der Waals surface area (Å²) in [5.74, 6) is -2.31. The lowest BCUT2D eigenvalue weighted by molar-refractivity contribution is -0.894. The number of ether oxygens (including phenoxy) is 6. The lowest BCUT2D eigenvalue weighted by Gasteiger charge is -2.44. The molecular formula is C42H61N2O12P. The van der Waals surface area contributed by atoms with Crippen LogP contribution in [0.25, 0.3) is 0 Å². The van der Waals surface area contributed by atoms with Gasteiger partial charge in [-0.15, -0.1) is 0 Å². The van der Waals surface area contributed by atoms with E-state index in [0.717, 1.165) is 0 Å². The molecule has 1 aliphatic heterocycles. The molecule has 1 fully saturated rings. The van der Waals surface area contributed by atoms with E-state index >= 15 is 0 Å². The second kappa shape index (κ2) is 26.8. The van der Waals surface area contributed by atoms with E-state index in [2.05, 4.69) is 41.5 Å². The first-order chi connectivity index (χ1) is 27.4. The third-order valence-corrected chi connectivity index (χ3v) is 10.1. The molecule has 0 aliphatic carbocycles. The average molecular weight is 817 g/mol. The van der Waals surface area contributed by atoms with Gasteiger partial charge in [0.25, 0.3) is 0 Å². The summed E-state index contributed by atoms with van der Waals surface area (Å²) < 4.78 is 45.5. The number of nitrogens with one attached hydrogen (secondary N) is 2. The van der Waals surface area contributed by atoms with Crippen molar-refractivity contribution in [2.75, 3.05) is 65.8 Å². The topological polar surface area (TPSA) is 179 Å². The maximum atomic E-state index is 13.2. The summed E-state index contributed by atoms with van der Waals surface area (Å²) in [7, 11) is -3.73. The predicted octanol–water partition coefficient (Wildman–Crippen LogP) is 1.83. The largest absolute Gasteiger partial charge is 0.811 e. The van der Waals surface area contributed by atoms with Crippen LogP contribution in [0.5, 0.6) is 0 Å². The number of carbonyl (C=O) groups excluding carboxylic acids is 3. The molecule has 0 amide bonds. The summed E-state index contributed by atoms with van der Waals surface area (Å²) in [5, 5.41) is 0. The van der Waals surface area contributed by atoms with E-state index in [1.165, 1.54) is 70.6 Å². The number of carbonyl (C=O) groups is 3. The smallest absolute Gasteiger partial charge is 0.338 e. The van der Waals surface area contributed by atoms with E-state index in [-0.39, 0.29) is 16.7 Å². The molecule has 0 aromatic heterocycles. The first-order valence-electron chi connectivity index (χ1n) is 19.6. The highest BCUT2D eigenvalue weighted by atomic mass is 31.2. The Morgan fingerprint density at radius 2 is 1.00 bits per heavy atom. The minimum Gasteiger partial charge on any atom is -0.811 e. The molecule has 2 N–H and O–H groups in total. The third kappa shape index (κ3) is 17.6. The molecule has 1 aliphatic rings. The van der Waals surface area contributed by atoms with Gasteiger partial charge in [0.2, 0.25) is 0 Å². The van der Waals surface area contributed by atoms with Gasteiger partial charge in [-0.1, -0.05) is 62.2 Å². The van der Waals surface area contributed by atoms with Gasteiger partial charge in [-0.25, -0.2) is 14.4 Å². The second-order valence-electron chi connectivity index (χ2n) is 13.0. The van der Waals surface area contributed by atoms with Crippen LogP contribution in [0.3, 0.4) is 0 Å². The van der Waals surface area contributed by atoms with Crippen LogP contribution in [0.4, 0.5) is 0 Å². The molecule has 1 heterocycles. The molecule has 0 bridgehead atoms. The van der Waals surface area contributed by atoms with Gasteiger partial charge >= 0.3 is 17.9 Å². The minimum atomic E-state index is -4.99. The average Bonchev–Trinajstić information content (AvgIpc) is 3.23. The Hall–Kier alpha value is -3.98. The quantitative estimate of drug-likeness (QED) is 0.108. The first kappa shape index (κ1) is 49.2. The molecule has 3 aromatic carbocycles. The lowest BCUT2D eigenvalue weighted by atomic mass is 9.98. The van der Waals surface area contributed by atoms with Crippen LogP contribution >= 0.6 is 7.60 Å². The van der Waals surface area contributed by atoms with E-state index in [1.54, 1.807) is 76.5 Å². The Labute approximate surface area is 337 Å². The van der Waals surface area contributed by atoms with Crippen molar-refractivity contribution in [2.24, 2.45) is 0 Å². The Bertz CT molecular complexity index is 1580. The maximum Gasteiger partial charge on any atom is 0.338 e. The van der Waals surface area contributed by atoms with Crippen molar-refractivity contribution in [3.63, 3.8) is 0 Å². The number of quaternary nitrogens is 2. The summed E-state index contributed by atoms with van der Waals surface area (Å²) in [6.07, 6.45) is -7.71. The Morgan fingerprint density at radius 1 is 0.614 bits per heavy atom. The summed E-state index contributed by atoms with van der Waals surface area (Å²) in [6.45, 7) is 19.9. The Morgan fingerprint density at radius 3 is 1.35 bits per heavy atom. The predicted molar refractivity (Wildman–Crippen MR) is 211 cm³/mol. The first-order valence-corrected chi connectivity index (χ1v) is 21.3. The SMILES string of the molecule is CC[NH+](CC)CC.CC[NH+](CC)CC.CO[C@H]1O[C@H](COC(=O)c2ccccc2)[C@H](OC(=O)c2ccccc2)[C@H](OCCP(=O)([O-])[O-])[C@H]1OC(=O)c1ccccc1. The maximum absolute atomic E-state index is 13.2. The van der Waals surface area contributed by atoms with Gasteiger partial charge in [0.15, 0.2) is 18.5 Å². The van der Waals surface area contributed by atoms with E-state index in [0.29, 0.717) is 0 Å². The number of benzene rings is 3. The molecule has 0 saturated carbocycles. The van der Waals surface area contributed by atoms with E-state index in [9.17, 15) is 28.7 Å². The van der Waals surface area contributed by atoms with Crippen LogP contribution in [-0.2, 0) is 33.0 Å². The Balaban J connectivity index is 0.000000682. The monoisotopic (exact) mass is 816 g/mol. The molecule has 316 valence electrons. The van der Waals surface area contributed by atoms with Crippen molar-refractivity contribution < 1.29 is 67.0 Å². The number of esters is 3. The van der Waals surface area contributed by atoms with Crippen LogP contribution in [0.15, 0.2) is 91.0 Å². The minimum absolute atomic E-state index is 0.164. The van der Waals surface area contributed by atoms with Crippen molar-refractivity contribution in [1.82, 2.24) is 0 Å². The normalized spacial score (nSPS) is 19.0. The lowest BCUT2D eigenvalue weighted by Crippen LogP contribution is -3.11. The van der Waals surface area contributed by atoms with Crippen molar-refractivity contribution >= 4 is 25.5 Å². The highest BCUT2D eigenvalue weighted by Crippen LogP contribution is 2.32. The summed E-state index contributed by atoms with van der Waals surface area (Å²) in [6, 6.07) is 24.0. The molecule has 0 radical (unpaired) electrons. The van der Waals surface area contributed by atoms with Crippen molar-refractivity contribution in [3.8, 4) is 0 Å². The van der Waals surface area contributed by atoms with Crippen LogP contribution in [0.1, 0.15) is 72.6 Å². The Kier molecular flexibility index (Phi) is 23.2. The second-order valence-corrected chi connectivity index (χ2v) is 14.7. The number of rotatable bonds is 18. The molecule has 14 nitrogen and oxygen atoms in total. The number of methoxy groups -OCH3 is 1. The molecular weight excluding hydrogens is 755 g/mol. The van der Waals surface area contributed by atoms with Gasteiger partial charge in [0.1, 0.15) is 18.8 Å². The zero-order valence-electron chi connectivity index (χ0n) is 34.3. The summed E-state index contributed by atoms with van der Waals surface area (Å²) in [4.78, 5) is 65.0. The highest BCUT2D eigenvalue weighted by molar-refractivity contribution is 7.48. The molecule has 0 unspecified atom stereocenters. The molecule has 1 saturated heterocycles. The van der Waals surface area contributed by atoms with Crippen molar-refractivity contribution in [3.05, 3.63) is 108 Å². The van der Waals surface area contributed by atoms with Gasteiger partial charge in [0.05, 0.1) is 62.6 Å². The van der Waals surface area contributed by atoms with Gasteiger partial charge < -0.3 is 52.6 Å².